The SMILES string of the molecule is Cc1cc(N2CCNCC2C(=O)N(C)C)ncc1[N+](=O)[O-]. The molecule has 8 heteroatoms. The first-order chi connectivity index (χ1) is 9.91. The van der Waals surface area contributed by atoms with E-state index in [2.05, 4.69) is 10.3 Å². The number of amides is 1. The lowest BCUT2D eigenvalue weighted by molar-refractivity contribution is -0.385. The Morgan fingerprint density at radius 1 is 1.57 bits per heavy atom. The summed E-state index contributed by atoms with van der Waals surface area (Å²) in [4.78, 5) is 30.3. The van der Waals surface area contributed by atoms with Crippen LogP contribution in [0.1, 0.15) is 5.56 Å². The van der Waals surface area contributed by atoms with Gasteiger partial charge in [-0.15, -0.1) is 0 Å². The van der Waals surface area contributed by atoms with Crippen LogP contribution in [0.15, 0.2) is 12.3 Å². The molecule has 0 bridgehead atoms. The second kappa shape index (κ2) is 6.04. The molecular formula is C13H19N5O3. The zero-order valence-electron chi connectivity index (χ0n) is 12.4. The first kappa shape index (κ1) is 15.2. The number of likely N-dealkylation sites (N-methyl/N-ethyl adjacent to an activating group) is 1. The van der Waals surface area contributed by atoms with Gasteiger partial charge in [0.1, 0.15) is 18.1 Å². The van der Waals surface area contributed by atoms with Gasteiger partial charge in [0.05, 0.1) is 4.92 Å². The van der Waals surface area contributed by atoms with E-state index >= 15 is 0 Å². The van der Waals surface area contributed by atoms with Gasteiger partial charge in [-0.2, -0.15) is 0 Å². The molecule has 1 amide bonds. The lowest BCUT2D eigenvalue weighted by Gasteiger charge is -2.37. The molecule has 0 aliphatic carbocycles. The number of nitro groups is 1. The largest absolute Gasteiger partial charge is 0.347 e. The van der Waals surface area contributed by atoms with E-state index in [4.69, 9.17) is 0 Å². The number of anilines is 1. The highest BCUT2D eigenvalue weighted by atomic mass is 16.6. The Morgan fingerprint density at radius 3 is 2.86 bits per heavy atom. The van der Waals surface area contributed by atoms with Crippen molar-refractivity contribution < 1.29 is 9.72 Å². The van der Waals surface area contributed by atoms with Crippen LogP contribution in [0.3, 0.4) is 0 Å². The van der Waals surface area contributed by atoms with Crippen molar-refractivity contribution >= 4 is 17.4 Å². The summed E-state index contributed by atoms with van der Waals surface area (Å²) in [7, 11) is 3.42. The third-order valence-corrected chi connectivity index (χ3v) is 3.53. The molecule has 0 radical (unpaired) electrons. The molecule has 1 fully saturated rings. The minimum absolute atomic E-state index is 0.00984. The molecule has 0 aromatic carbocycles. The zero-order chi connectivity index (χ0) is 15.6. The molecule has 1 unspecified atom stereocenters. The van der Waals surface area contributed by atoms with Gasteiger partial charge in [0, 0.05) is 39.3 Å². The van der Waals surface area contributed by atoms with Gasteiger partial charge < -0.3 is 15.1 Å². The summed E-state index contributed by atoms with van der Waals surface area (Å²) in [5.74, 6) is 0.583. The van der Waals surface area contributed by atoms with E-state index in [1.54, 1.807) is 32.0 Å². The number of hydrogen-bond donors (Lipinski definition) is 1. The minimum Gasteiger partial charge on any atom is -0.347 e. The molecule has 1 aliphatic rings. The molecule has 114 valence electrons. The van der Waals surface area contributed by atoms with E-state index in [0.29, 0.717) is 24.5 Å². The molecule has 1 aromatic rings. The van der Waals surface area contributed by atoms with Crippen LogP contribution < -0.4 is 10.2 Å². The average Bonchev–Trinajstić information content (AvgIpc) is 2.45. The van der Waals surface area contributed by atoms with Crippen LogP contribution >= 0.6 is 0 Å². The number of carbonyl (C=O) groups excluding carboxylic acids is 1. The standard InChI is InChI=1S/C13H19N5O3/c1-9-6-12(15-8-10(9)18(20)21)17-5-4-14-7-11(17)13(19)16(2)3/h6,8,11,14H,4-5,7H2,1-3H3. The second-order valence-electron chi connectivity index (χ2n) is 5.23. The number of rotatable bonds is 3. The molecule has 2 rings (SSSR count). The maximum atomic E-state index is 12.2. The van der Waals surface area contributed by atoms with Crippen LogP contribution in [0.2, 0.25) is 0 Å². The van der Waals surface area contributed by atoms with E-state index in [1.807, 2.05) is 4.90 Å². The third-order valence-electron chi connectivity index (χ3n) is 3.53. The van der Waals surface area contributed by atoms with Crippen molar-refractivity contribution in [3.8, 4) is 0 Å². The van der Waals surface area contributed by atoms with Crippen molar-refractivity contribution in [1.82, 2.24) is 15.2 Å². The summed E-state index contributed by atoms with van der Waals surface area (Å²) >= 11 is 0. The number of aryl methyl sites for hydroxylation is 1. The molecule has 21 heavy (non-hydrogen) atoms. The Balaban J connectivity index is 2.31. The predicted molar refractivity (Wildman–Crippen MR) is 78.3 cm³/mol. The van der Waals surface area contributed by atoms with E-state index < -0.39 is 4.92 Å². The van der Waals surface area contributed by atoms with Crippen molar-refractivity contribution in [2.75, 3.05) is 38.6 Å². The predicted octanol–water partition coefficient (Wildman–Crippen LogP) is 0.165. The summed E-state index contributed by atoms with van der Waals surface area (Å²) < 4.78 is 0. The molecule has 1 N–H and O–H groups in total. The Labute approximate surface area is 122 Å². The number of pyridine rings is 1. The molecule has 2 heterocycles. The molecule has 1 aromatic heterocycles. The van der Waals surface area contributed by atoms with Crippen LogP contribution in [0.5, 0.6) is 0 Å². The first-order valence-electron chi connectivity index (χ1n) is 6.71. The summed E-state index contributed by atoms with van der Waals surface area (Å²) in [6.07, 6.45) is 1.25. The lowest BCUT2D eigenvalue weighted by Crippen LogP contribution is -2.58. The number of hydrogen-bond acceptors (Lipinski definition) is 6. The number of aromatic nitrogens is 1. The fourth-order valence-electron chi connectivity index (χ4n) is 2.38. The van der Waals surface area contributed by atoms with E-state index in [0.717, 1.165) is 6.54 Å². The highest BCUT2D eigenvalue weighted by Gasteiger charge is 2.31. The van der Waals surface area contributed by atoms with Gasteiger partial charge in [0.15, 0.2) is 0 Å². The zero-order valence-corrected chi connectivity index (χ0v) is 12.4. The maximum absolute atomic E-state index is 12.2. The first-order valence-corrected chi connectivity index (χ1v) is 6.71. The van der Waals surface area contributed by atoms with Crippen molar-refractivity contribution in [1.29, 1.82) is 0 Å². The number of piperazine rings is 1. The van der Waals surface area contributed by atoms with Crippen LogP contribution in [0.25, 0.3) is 0 Å². The maximum Gasteiger partial charge on any atom is 0.290 e. The van der Waals surface area contributed by atoms with Gasteiger partial charge in [-0.3, -0.25) is 14.9 Å². The smallest absolute Gasteiger partial charge is 0.290 e. The summed E-state index contributed by atoms with van der Waals surface area (Å²) in [6.45, 7) is 3.59. The third kappa shape index (κ3) is 3.10. The van der Waals surface area contributed by atoms with Gasteiger partial charge in [-0.25, -0.2) is 4.98 Å². The Bertz CT molecular complexity index is 561. The monoisotopic (exact) mass is 293 g/mol. The Morgan fingerprint density at radius 2 is 2.29 bits per heavy atom. The molecule has 0 saturated carbocycles. The summed E-state index contributed by atoms with van der Waals surface area (Å²) in [5.41, 5.74) is 0.531. The topological polar surface area (TPSA) is 91.6 Å². The van der Waals surface area contributed by atoms with E-state index in [9.17, 15) is 14.9 Å². The molecule has 1 aliphatic heterocycles. The molecule has 8 nitrogen and oxygen atoms in total. The van der Waals surface area contributed by atoms with Crippen LogP contribution in [0, 0.1) is 17.0 Å². The number of nitrogens with one attached hydrogen (secondary N) is 1. The van der Waals surface area contributed by atoms with Crippen molar-refractivity contribution in [2.45, 2.75) is 13.0 Å². The summed E-state index contributed by atoms with van der Waals surface area (Å²) in [6, 6.07) is 1.32. The quantitative estimate of drug-likeness (QED) is 0.631. The number of carbonyl (C=O) groups is 1. The van der Waals surface area contributed by atoms with Gasteiger partial charge in [-0.1, -0.05) is 0 Å². The molecule has 0 spiro atoms. The van der Waals surface area contributed by atoms with Crippen LogP contribution in [0.4, 0.5) is 11.5 Å². The lowest BCUT2D eigenvalue weighted by atomic mass is 10.1. The minimum atomic E-state index is -0.452. The average molecular weight is 293 g/mol. The van der Waals surface area contributed by atoms with E-state index in [-0.39, 0.29) is 17.6 Å². The number of nitrogens with zero attached hydrogens (tertiary/aromatic N) is 4. The molecule has 1 saturated heterocycles. The van der Waals surface area contributed by atoms with Gasteiger partial charge in [-0.05, 0) is 13.0 Å². The second-order valence-corrected chi connectivity index (χ2v) is 5.23. The summed E-state index contributed by atoms with van der Waals surface area (Å²) in [5, 5.41) is 14.0. The highest BCUT2D eigenvalue weighted by Crippen LogP contribution is 2.23. The Kier molecular flexibility index (Phi) is 4.37. The molecular weight excluding hydrogens is 274 g/mol. The van der Waals surface area contributed by atoms with Gasteiger partial charge in [0.2, 0.25) is 5.91 Å². The highest BCUT2D eigenvalue weighted by molar-refractivity contribution is 5.85. The fourth-order valence-corrected chi connectivity index (χ4v) is 2.38. The van der Waals surface area contributed by atoms with Crippen LogP contribution in [-0.4, -0.2) is 60.5 Å². The van der Waals surface area contributed by atoms with Crippen molar-refractivity contribution in [2.24, 2.45) is 0 Å². The van der Waals surface area contributed by atoms with Crippen LogP contribution in [-0.2, 0) is 4.79 Å². The van der Waals surface area contributed by atoms with Gasteiger partial charge in [0.25, 0.3) is 5.69 Å². The van der Waals surface area contributed by atoms with Crippen molar-refractivity contribution in [3.63, 3.8) is 0 Å². The Hall–Kier alpha value is -2.22. The normalized spacial score (nSPS) is 18.4. The van der Waals surface area contributed by atoms with E-state index in [1.165, 1.54) is 6.20 Å². The van der Waals surface area contributed by atoms with Crippen molar-refractivity contribution in [3.05, 3.63) is 27.9 Å². The van der Waals surface area contributed by atoms with Gasteiger partial charge >= 0.3 is 0 Å². The fraction of sp³-hybridized carbons (Fsp3) is 0.538. The molecule has 1 atom stereocenters.